The highest BCUT2D eigenvalue weighted by Gasteiger charge is 2.22. The third kappa shape index (κ3) is 3.10. The summed E-state index contributed by atoms with van der Waals surface area (Å²) in [4.78, 5) is 11.6. The largest absolute Gasteiger partial charge is 0.352 e. The van der Waals surface area contributed by atoms with Crippen molar-refractivity contribution >= 4 is 21.7 Å². The molecular formula is C17H20BrN3. The molecule has 0 aliphatic carbocycles. The lowest BCUT2D eigenvalue weighted by Gasteiger charge is -2.30. The van der Waals surface area contributed by atoms with E-state index in [9.17, 15) is 0 Å². The van der Waals surface area contributed by atoms with Crippen LogP contribution in [0.3, 0.4) is 0 Å². The van der Waals surface area contributed by atoms with E-state index in [1.807, 2.05) is 6.07 Å². The first-order valence-corrected chi connectivity index (χ1v) is 8.09. The molecular weight excluding hydrogens is 326 g/mol. The molecule has 0 unspecified atom stereocenters. The smallest absolute Gasteiger partial charge is 0.137 e. The van der Waals surface area contributed by atoms with Gasteiger partial charge in [0.25, 0.3) is 0 Å². The molecule has 0 bridgehead atoms. The summed E-state index contributed by atoms with van der Waals surface area (Å²) >= 11 is 3.53. The fraction of sp³-hybridized carbons (Fsp3) is 0.412. The van der Waals surface area contributed by atoms with Gasteiger partial charge in [-0.1, -0.05) is 45.0 Å². The van der Waals surface area contributed by atoms with E-state index < -0.39 is 0 Å². The van der Waals surface area contributed by atoms with Gasteiger partial charge in [0.1, 0.15) is 16.2 Å². The molecule has 0 spiro atoms. The summed E-state index contributed by atoms with van der Waals surface area (Å²) in [6, 6.07) is 10.7. The van der Waals surface area contributed by atoms with Crippen molar-refractivity contribution in [3.05, 3.63) is 51.9 Å². The van der Waals surface area contributed by atoms with Crippen LogP contribution in [0.5, 0.6) is 0 Å². The molecule has 0 radical (unpaired) electrons. The minimum absolute atomic E-state index is 0.0494. The Morgan fingerprint density at radius 3 is 2.52 bits per heavy atom. The van der Waals surface area contributed by atoms with Gasteiger partial charge in [0, 0.05) is 24.6 Å². The van der Waals surface area contributed by atoms with Crippen LogP contribution in [0.15, 0.2) is 34.9 Å². The van der Waals surface area contributed by atoms with Crippen LogP contribution in [-0.2, 0) is 18.4 Å². The van der Waals surface area contributed by atoms with E-state index in [4.69, 9.17) is 4.98 Å². The topological polar surface area (TPSA) is 29.0 Å². The van der Waals surface area contributed by atoms with Gasteiger partial charge in [-0.15, -0.1) is 0 Å². The number of nitrogens with zero attached hydrogens (tertiary/aromatic N) is 3. The lowest BCUT2D eigenvalue weighted by atomic mass is 9.95. The Kier molecular flexibility index (Phi) is 3.74. The van der Waals surface area contributed by atoms with Gasteiger partial charge in [0.05, 0.1) is 0 Å². The van der Waals surface area contributed by atoms with Crippen molar-refractivity contribution < 1.29 is 0 Å². The molecule has 0 N–H and O–H groups in total. The van der Waals surface area contributed by atoms with Crippen molar-refractivity contribution in [3.8, 4) is 0 Å². The monoisotopic (exact) mass is 345 g/mol. The average molecular weight is 346 g/mol. The number of fused-ring (bicyclic) bond motifs is 1. The molecule has 0 atom stereocenters. The molecule has 1 aromatic heterocycles. The van der Waals surface area contributed by atoms with Gasteiger partial charge in [-0.2, -0.15) is 0 Å². The molecule has 4 heteroatoms. The molecule has 1 aliphatic heterocycles. The van der Waals surface area contributed by atoms with Crippen LogP contribution in [0.1, 0.15) is 37.7 Å². The molecule has 0 fully saturated rings. The summed E-state index contributed by atoms with van der Waals surface area (Å²) < 4.78 is 0.858. The number of halogens is 1. The van der Waals surface area contributed by atoms with Crippen molar-refractivity contribution in [2.24, 2.45) is 0 Å². The maximum absolute atomic E-state index is 4.79. The van der Waals surface area contributed by atoms with Gasteiger partial charge in [-0.3, -0.25) is 0 Å². The lowest BCUT2D eigenvalue weighted by molar-refractivity contribution is 0.541. The van der Waals surface area contributed by atoms with Gasteiger partial charge in [-0.25, -0.2) is 9.97 Å². The van der Waals surface area contributed by atoms with Crippen LogP contribution in [0.2, 0.25) is 0 Å². The zero-order valence-corrected chi connectivity index (χ0v) is 14.3. The molecule has 0 amide bonds. The van der Waals surface area contributed by atoms with Crippen molar-refractivity contribution in [3.63, 3.8) is 0 Å². The first-order valence-electron chi connectivity index (χ1n) is 7.30. The molecule has 2 heterocycles. The molecule has 3 rings (SSSR count). The fourth-order valence-corrected chi connectivity index (χ4v) is 2.97. The standard InChI is InChI=1S/C17H20BrN3/c1-17(2,3)16-19-14(18)10-15(20-16)21-9-8-12-6-4-5-7-13(12)11-21/h4-7,10H,8-9,11H2,1-3H3. The number of aromatic nitrogens is 2. The summed E-state index contributed by atoms with van der Waals surface area (Å²) in [7, 11) is 0. The number of benzene rings is 1. The molecule has 1 aliphatic rings. The maximum atomic E-state index is 4.79. The summed E-state index contributed by atoms with van der Waals surface area (Å²) in [5.41, 5.74) is 2.81. The molecule has 1 aromatic carbocycles. The van der Waals surface area contributed by atoms with Gasteiger partial charge >= 0.3 is 0 Å². The Morgan fingerprint density at radius 2 is 1.81 bits per heavy atom. The predicted molar refractivity (Wildman–Crippen MR) is 89.6 cm³/mol. The second-order valence-corrected chi connectivity index (χ2v) is 7.38. The van der Waals surface area contributed by atoms with E-state index in [1.165, 1.54) is 11.1 Å². The Morgan fingerprint density at radius 1 is 1.10 bits per heavy atom. The number of anilines is 1. The van der Waals surface area contributed by atoms with E-state index in [-0.39, 0.29) is 5.41 Å². The van der Waals surface area contributed by atoms with E-state index in [0.29, 0.717) is 0 Å². The van der Waals surface area contributed by atoms with Crippen LogP contribution >= 0.6 is 15.9 Å². The van der Waals surface area contributed by atoms with Crippen LogP contribution in [0, 0.1) is 0 Å². The highest BCUT2D eigenvalue weighted by atomic mass is 79.9. The Bertz CT molecular complexity index is 661. The average Bonchev–Trinajstić information content (AvgIpc) is 2.45. The molecule has 0 saturated carbocycles. The zero-order valence-electron chi connectivity index (χ0n) is 12.7. The van der Waals surface area contributed by atoms with Crippen LogP contribution < -0.4 is 4.90 Å². The first kappa shape index (κ1) is 14.5. The Hall–Kier alpha value is -1.42. The van der Waals surface area contributed by atoms with Gasteiger partial charge in [-0.05, 0) is 33.5 Å². The second-order valence-electron chi connectivity index (χ2n) is 6.56. The molecule has 21 heavy (non-hydrogen) atoms. The highest BCUT2D eigenvalue weighted by Crippen LogP contribution is 2.27. The lowest BCUT2D eigenvalue weighted by Crippen LogP contribution is -2.32. The fourth-order valence-electron chi connectivity index (χ4n) is 2.59. The molecule has 2 aromatic rings. The van der Waals surface area contributed by atoms with E-state index in [2.05, 4.69) is 70.9 Å². The summed E-state index contributed by atoms with van der Waals surface area (Å²) in [6.07, 6.45) is 1.07. The molecule has 0 saturated heterocycles. The zero-order chi connectivity index (χ0) is 15.0. The second kappa shape index (κ2) is 5.41. The van der Waals surface area contributed by atoms with Crippen molar-refractivity contribution in [1.82, 2.24) is 9.97 Å². The highest BCUT2D eigenvalue weighted by molar-refractivity contribution is 9.10. The van der Waals surface area contributed by atoms with Crippen molar-refractivity contribution in [2.75, 3.05) is 11.4 Å². The summed E-state index contributed by atoms with van der Waals surface area (Å²) in [5.74, 6) is 1.89. The quantitative estimate of drug-likeness (QED) is 0.728. The molecule has 110 valence electrons. The van der Waals surface area contributed by atoms with E-state index >= 15 is 0 Å². The predicted octanol–water partition coefficient (Wildman–Crippen LogP) is 4.10. The summed E-state index contributed by atoms with van der Waals surface area (Å²) in [5, 5.41) is 0. The van der Waals surface area contributed by atoms with Crippen molar-refractivity contribution in [1.29, 1.82) is 0 Å². The third-order valence-corrected chi connectivity index (χ3v) is 4.21. The minimum Gasteiger partial charge on any atom is -0.352 e. The van der Waals surface area contributed by atoms with Crippen LogP contribution in [0.4, 0.5) is 5.82 Å². The van der Waals surface area contributed by atoms with Gasteiger partial charge in [0.2, 0.25) is 0 Å². The van der Waals surface area contributed by atoms with E-state index in [1.54, 1.807) is 0 Å². The SMILES string of the molecule is CC(C)(C)c1nc(Br)cc(N2CCc3ccccc3C2)n1. The third-order valence-electron chi connectivity index (χ3n) is 3.81. The summed E-state index contributed by atoms with van der Waals surface area (Å²) in [6.45, 7) is 8.35. The normalized spacial score (nSPS) is 15.0. The van der Waals surface area contributed by atoms with Crippen LogP contribution in [-0.4, -0.2) is 16.5 Å². The Balaban J connectivity index is 1.94. The number of hydrogen-bond acceptors (Lipinski definition) is 3. The van der Waals surface area contributed by atoms with Crippen molar-refractivity contribution in [2.45, 2.75) is 39.2 Å². The maximum Gasteiger partial charge on any atom is 0.137 e. The van der Waals surface area contributed by atoms with Gasteiger partial charge in [0.15, 0.2) is 0 Å². The van der Waals surface area contributed by atoms with E-state index in [0.717, 1.165) is 35.8 Å². The van der Waals surface area contributed by atoms with Crippen LogP contribution in [0.25, 0.3) is 0 Å². The Labute approximate surface area is 134 Å². The number of rotatable bonds is 1. The van der Waals surface area contributed by atoms with Gasteiger partial charge < -0.3 is 4.90 Å². The molecule has 3 nitrogen and oxygen atoms in total. The first-order chi connectivity index (χ1) is 9.93. The number of hydrogen-bond donors (Lipinski definition) is 0. The minimum atomic E-state index is -0.0494.